The Labute approximate surface area is 150 Å². The quantitative estimate of drug-likeness (QED) is 0.830. The molecule has 2 amide bonds. The number of thiocarbonyl (C=S) groups is 1. The molecule has 1 N–H and O–H groups in total. The van der Waals surface area contributed by atoms with Crippen LogP contribution in [0, 0.1) is 5.82 Å². The smallest absolute Gasteiger partial charge is 0.414 e. The molecule has 25 heavy (non-hydrogen) atoms. The number of nitrogens with zero attached hydrogens (tertiary/aromatic N) is 2. The largest absolute Gasteiger partial charge is 0.447 e. The lowest BCUT2D eigenvalue weighted by Crippen LogP contribution is -2.42. The molecule has 1 aromatic rings. The molecule has 2 aliphatic heterocycles. The summed E-state index contributed by atoms with van der Waals surface area (Å²) in [5, 5.41) is 2.66. The van der Waals surface area contributed by atoms with E-state index in [1.54, 1.807) is 12.1 Å². The van der Waals surface area contributed by atoms with Crippen LogP contribution in [0.2, 0.25) is 0 Å². The molecule has 1 aromatic carbocycles. The van der Waals surface area contributed by atoms with Crippen molar-refractivity contribution in [2.24, 2.45) is 0 Å². The average molecular weight is 365 g/mol. The number of hydrogen-bond donors (Lipinski definition) is 1. The molecule has 0 bridgehead atoms. The minimum absolute atomic E-state index is 0.159. The summed E-state index contributed by atoms with van der Waals surface area (Å²) in [5.41, 5.74) is 0.934. The third kappa shape index (κ3) is 3.89. The van der Waals surface area contributed by atoms with Gasteiger partial charge >= 0.3 is 6.09 Å². The molecule has 1 unspecified atom stereocenters. The van der Waals surface area contributed by atoms with Gasteiger partial charge < -0.3 is 15.0 Å². The molecule has 0 aliphatic carbocycles. The van der Waals surface area contributed by atoms with E-state index in [2.05, 4.69) is 5.32 Å². The Kier molecular flexibility index (Phi) is 5.17. The first-order valence-corrected chi connectivity index (χ1v) is 8.63. The fourth-order valence-corrected chi connectivity index (χ4v) is 3.27. The van der Waals surface area contributed by atoms with E-state index in [0.717, 1.165) is 17.7 Å². The molecule has 0 spiro atoms. The van der Waals surface area contributed by atoms with Crippen LogP contribution in [0.1, 0.15) is 19.8 Å². The lowest BCUT2D eigenvalue weighted by atomic mass is 10.1. The van der Waals surface area contributed by atoms with Crippen molar-refractivity contribution in [3.8, 4) is 0 Å². The summed E-state index contributed by atoms with van der Waals surface area (Å²) < 4.78 is 19.7. The second-order valence-electron chi connectivity index (χ2n) is 6.20. The number of carbonyl (C=O) groups excluding carboxylic acids is 2. The predicted molar refractivity (Wildman–Crippen MR) is 96.7 cm³/mol. The Balaban J connectivity index is 1.77. The van der Waals surface area contributed by atoms with Crippen LogP contribution in [0.15, 0.2) is 18.2 Å². The topological polar surface area (TPSA) is 61.9 Å². The number of nitrogens with one attached hydrogen (secondary N) is 1. The Morgan fingerprint density at radius 1 is 1.40 bits per heavy atom. The summed E-state index contributed by atoms with van der Waals surface area (Å²) >= 11 is 5.20. The Morgan fingerprint density at radius 3 is 2.76 bits per heavy atom. The minimum atomic E-state index is -0.536. The molecule has 2 fully saturated rings. The second kappa shape index (κ2) is 7.35. The van der Waals surface area contributed by atoms with E-state index in [-0.39, 0.29) is 30.9 Å². The number of hydrogen-bond acceptors (Lipinski definition) is 5. The van der Waals surface area contributed by atoms with E-state index < -0.39 is 6.09 Å². The normalized spacial score (nSPS) is 20.6. The van der Waals surface area contributed by atoms with Gasteiger partial charge in [0.25, 0.3) is 0 Å². The molecule has 0 saturated carbocycles. The highest BCUT2D eigenvalue weighted by Gasteiger charge is 2.34. The Bertz CT molecular complexity index is 702. The van der Waals surface area contributed by atoms with Crippen LogP contribution in [-0.4, -0.2) is 49.1 Å². The highest BCUT2D eigenvalue weighted by atomic mass is 32.1. The molecule has 2 aliphatic rings. The fourth-order valence-electron chi connectivity index (χ4n) is 3.09. The van der Waals surface area contributed by atoms with E-state index in [0.29, 0.717) is 24.5 Å². The number of cyclic esters (lactones) is 1. The highest BCUT2D eigenvalue weighted by Crippen LogP contribution is 2.29. The minimum Gasteiger partial charge on any atom is -0.447 e. The van der Waals surface area contributed by atoms with Crippen LogP contribution in [0.25, 0.3) is 0 Å². The standard InChI is InChI=1S/C17H20FN3O3S/c1-11(22)19-9-13-10-24-17(23)21(13)12-2-3-16(15(18)8-12)20-6-4-14(25)5-7-20/h2-3,8,13H,4-7,9-10H2,1H3,(H,19,22). The van der Waals surface area contributed by atoms with Gasteiger partial charge in [-0.15, -0.1) is 0 Å². The van der Waals surface area contributed by atoms with Gasteiger partial charge in [-0.1, -0.05) is 12.2 Å². The lowest BCUT2D eigenvalue weighted by molar-refractivity contribution is -0.119. The van der Waals surface area contributed by atoms with Gasteiger partial charge in [-0.05, 0) is 35.9 Å². The lowest BCUT2D eigenvalue weighted by Gasteiger charge is -2.30. The summed E-state index contributed by atoms with van der Waals surface area (Å²) in [6, 6.07) is 4.38. The van der Waals surface area contributed by atoms with Crippen molar-refractivity contribution in [2.45, 2.75) is 25.8 Å². The number of ether oxygens (including phenoxy) is 1. The zero-order valence-corrected chi connectivity index (χ0v) is 14.8. The van der Waals surface area contributed by atoms with Crippen molar-refractivity contribution in [1.82, 2.24) is 5.32 Å². The molecule has 2 saturated heterocycles. The van der Waals surface area contributed by atoms with Gasteiger partial charge in [0.2, 0.25) is 5.91 Å². The first-order chi connectivity index (χ1) is 12.0. The molecule has 1 atom stereocenters. The van der Waals surface area contributed by atoms with E-state index in [9.17, 15) is 14.0 Å². The zero-order chi connectivity index (χ0) is 18.0. The Hall–Kier alpha value is -2.22. The second-order valence-corrected chi connectivity index (χ2v) is 6.78. The number of anilines is 2. The van der Waals surface area contributed by atoms with Gasteiger partial charge in [0.1, 0.15) is 12.4 Å². The molecule has 3 rings (SSSR count). The number of amides is 2. The predicted octanol–water partition coefficient (Wildman–Crippen LogP) is 2.26. The van der Waals surface area contributed by atoms with E-state index in [4.69, 9.17) is 17.0 Å². The van der Waals surface area contributed by atoms with Gasteiger partial charge in [-0.25, -0.2) is 9.18 Å². The average Bonchev–Trinajstić information content (AvgIpc) is 2.94. The number of halogens is 1. The molecular weight excluding hydrogens is 345 g/mol. The van der Waals surface area contributed by atoms with Crippen molar-refractivity contribution in [1.29, 1.82) is 0 Å². The number of benzene rings is 1. The van der Waals surface area contributed by atoms with Crippen LogP contribution < -0.4 is 15.1 Å². The highest BCUT2D eigenvalue weighted by molar-refractivity contribution is 7.80. The number of piperidine rings is 1. The molecule has 0 aromatic heterocycles. The van der Waals surface area contributed by atoms with Crippen molar-refractivity contribution < 1.29 is 18.7 Å². The summed E-state index contributed by atoms with van der Waals surface area (Å²) in [7, 11) is 0. The summed E-state index contributed by atoms with van der Waals surface area (Å²) in [5.74, 6) is -0.577. The molecule has 0 radical (unpaired) electrons. The zero-order valence-electron chi connectivity index (χ0n) is 14.0. The maximum absolute atomic E-state index is 14.6. The van der Waals surface area contributed by atoms with E-state index in [1.807, 2.05) is 4.90 Å². The number of rotatable bonds is 4. The summed E-state index contributed by atoms with van der Waals surface area (Å²) in [4.78, 5) is 27.5. The van der Waals surface area contributed by atoms with E-state index >= 15 is 0 Å². The fraction of sp³-hybridized carbons (Fsp3) is 0.471. The van der Waals surface area contributed by atoms with Crippen LogP contribution >= 0.6 is 12.2 Å². The van der Waals surface area contributed by atoms with Crippen molar-refractivity contribution >= 4 is 40.5 Å². The number of carbonyl (C=O) groups is 2. The van der Waals surface area contributed by atoms with Crippen molar-refractivity contribution in [3.05, 3.63) is 24.0 Å². The third-order valence-electron chi connectivity index (χ3n) is 4.42. The molecular formula is C17H20FN3O3S. The van der Waals surface area contributed by atoms with Crippen LogP contribution in [-0.2, 0) is 9.53 Å². The Morgan fingerprint density at radius 2 is 2.12 bits per heavy atom. The third-order valence-corrected chi connectivity index (χ3v) is 4.83. The first kappa shape index (κ1) is 17.6. The van der Waals surface area contributed by atoms with Crippen LogP contribution in [0.3, 0.4) is 0 Å². The first-order valence-electron chi connectivity index (χ1n) is 8.22. The van der Waals surface area contributed by atoms with E-state index in [1.165, 1.54) is 17.9 Å². The monoisotopic (exact) mass is 365 g/mol. The van der Waals surface area contributed by atoms with Crippen molar-refractivity contribution in [2.75, 3.05) is 36.0 Å². The van der Waals surface area contributed by atoms with Crippen molar-refractivity contribution in [3.63, 3.8) is 0 Å². The van der Waals surface area contributed by atoms with Gasteiger partial charge in [0.05, 0.1) is 17.4 Å². The molecule has 6 nitrogen and oxygen atoms in total. The maximum atomic E-state index is 14.6. The van der Waals surface area contributed by atoms with Gasteiger partial charge in [-0.2, -0.15) is 0 Å². The molecule has 2 heterocycles. The molecule has 8 heteroatoms. The van der Waals surface area contributed by atoms with Crippen LogP contribution in [0.4, 0.5) is 20.6 Å². The van der Waals surface area contributed by atoms with Gasteiger partial charge in [0.15, 0.2) is 0 Å². The van der Waals surface area contributed by atoms with Crippen LogP contribution in [0.5, 0.6) is 0 Å². The van der Waals surface area contributed by atoms with Gasteiger partial charge in [-0.3, -0.25) is 9.69 Å². The SMILES string of the molecule is CC(=O)NCC1COC(=O)N1c1ccc(N2CCC(=S)CC2)c(F)c1. The molecule has 134 valence electrons. The maximum Gasteiger partial charge on any atom is 0.414 e. The summed E-state index contributed by atoms with van der Waals surface area (Å²) in [6.07, 6.45) is 1.03. The van der Waals surface area contributed by atoms with Gasteiger partial charge in [0, 0.05) is 26.6 Å². The summed E-state index contributed by atoms with van der Waals surface area (Å²) in [6.45, 7) is 3.22.